The van der Waals surface area contributed by atoms with Crippen LogP contribution in [0, 0.1) is 0 Å². The summed E-state index contributed by atoms with van der Waals surface area (Å²) in [6.07, 6.45) is 4.85. The van der Waals surface area contributed by atoms with Gasteiger partial charge < -0.3 is 15.4 Å². The molecule has 0 aliphatic carbocycles. The number of carbonyl (C=O) groups excluding carboxylic acids is 1. The molecule has 0 atom stereocenters. The number of halogens is 1. The standard InChI is InChI=1S/C11H16ClN3O3/c12-11-14-7-8(15-11)10(18)13-6-4-2-1-3-5-9(16)17/h7H,1-6H2,(H,13,18)(H,14,15)(H,16,17). The number of nitrogens with one attached hydrogen (secondary N) is 2. The van der Waals surface area contributed by atoms with Crippen LogP contribution in [0.15, 0.2) is 6.20 Å². The van der Waals surface area contributed by atoms with E-state index in [1.807, 2.05) is 0 Å². The van der Waals surface area contributed by atoms with Crippen molar-refractivity contribution in [2.45, 2.75) is 32.1 Å². The lowest BCUT2D eigenvalue weighted by Gasteiger charge is -2.03. The SMILES string of the molecule is O=C(O)CCCCCCNC(=O)c1cnc(Cl)[nH]1. The number of carbonyl (C=O) groups is 2. The molecule has 0 unspecified atom stereocenters. The normalized spacial score (nSPS) is 10.3. The predicted molar refractivity (Wildman–Crippen MR) is 66.7 cm³/mol. The maximum Gasteiger partial charge on any atom is 0.303 e. The third-order valence-corrected chi connectivity index (χ3v) is 2.58. The highest BCUT2D eigenvalue weighted by Gasteiger charge is 2.07. The van der Waals surface area contributed by atoms with Gasteiger partial charge in [0.2, 0.25) is 5.28 Å². The molecule has 0 aromatic carbocycles. The van der Waals surface area contributed by atoms with Crippen molar-refractivity contribution in [1.29, 1.82) is 0 Å². The molecule has 0 saturated heterocycles. The van der Waals surface area contributed by atoms with Crippen molar-refractivity contribution in [3.8, 4) is 0 Å². The number of hydrogen-bond acceptors (Lipinski definition) is 3. The highest BCUT2D eigenvalue weighted by molar-refractivity contribution is 6.28. The first-order valence-electron chi connectivity index (χ1n) is 5.80. The van der Waals surface area contributed by atoms with Gasteiger partial charge in [-0.05, 0) is 24.4 Å². The molecule has 6 nitrogen and oxygen atoms in total. The Hall–Kier alpha value is -1.56. The average Bonchev–Trinajstić information content (AvgIpc) is 2.74. The number of carboxylic acids is 1. The largest absolute Gasteiger partial charge is 0.481 e. The molecule has 0 fully saturated rings. The van der Waals surface area contributed by atoms with E-state index in [4.69, 9.17) is 16.7 Å². The molecule has 1 rings (SSSR count). The van der Waals surface area contributed by atoms with Crippen LogP contribution in [0.4, 0.5) is 0 Å². The summed E-state index contributed by atoms with van der Waals surface area (Å²) in [5.74, 6) is -1.00. The monoisotopic (exact) mass is 273 g/mol. The molecule has 0 saturated carbocycles. The first-order chi connectivity index (χ1) is 8.59. The topological polar surface area (TPSA) is 95.1 Å². The summed E-state index contributed by atoms with van der Waals surface area (Å²) in [6.45, 7) is 0.558. The van der Waals surface area contributed by atoms with Gasteiger partial charge in [-0.2, -0.15) is 0 Å². The summed E-state index contributed by atoms with van der Waals surface area (Å²) in [4.78, 5) is 28.1. The van der Waals surface area contributed by atoms with E-state index >= 15 is 0 Å². The molecular formula is C11H16ClN3O3. The molecule has 0 spiro atoms. The first kappa shape index (κ1) is 14.5. The summed E-state index contributed by atoms with van der Waals surface area (Å²) in [5, 5.41) is 11.4. The van der Waals surface area contributed by atoms with E-state index in [0.717, 1.165) is 19.3 Å². The van der Waals surface area contributed by atoms with Gasteiger partial charge in [-0.15, -0.1) is 0 Å². The van der Waals surface area contributed by atoms with E-state index in [9.17, 15) is 9.59 Å². The molecule has 0 aliphatic rings. The number of amides is 1. The van der Waals surface area contributed by atoms with Crippen molar-refractivity contribution >= 4 is 23.5 Å². The van der Waals surface area contributed by atoms with E-state index in [0.29, 0.717) is 18.7 Å². The smallest absolute Gasteiger partial charge is 0.303 e. The Balaban J connectivity index is 2.04. The first-order valence-corrected chi connectivity index (χ1v) is 6.18. The molecule has 1 heterocycles. The van der Waals surface area contributed by atoms with Crippen molar-refractivity contribution in [3.05, 3.63) is 17.2 Å². The van der Waals surface area contributed by atoms with E-state index in [1.54, 1.807) is 0 Å². The third kappa shape index (κ3) is 5.67. The van der Waals surface area contributed by atoms with Gasteiger partial charge in [0, 0.05) is 13.0 Å². The zero-order valence-corrected chi connectivity index (χ0v) is 10.7. The Bertz CT molecular complexity index is 406. The minimum Gasteiger partial charge on any atom is -0.481 e. The van der Waals surface area contributed by atoms with Crippen molar-refractivity contribution in [2.75, 3.05) is 6.54 Å². The summed E-state index contributed by atoms with van der Waals surface area (Å²) >= 11 is 5.55. The van der Waals surface area contributed by atoms with Gasteiger partial charge in [0.1, 0.15) is 5.69 Å². The van der Waals surface area contributed by atoms with Gasteiger partial charge in [0.15, 0.2) is 0 Å². The minimum atomic E-state index is -0.764. The van der Waals surface area contributed by atoms with E-state index in [1.165, 1.54) is 6.20 Å². The van der Waals surface area contributed by atoms with Crippen molar-refractivity contribution in [3.63, 3.8) is 0 Å². The lowest BCUT2D eigenvalue weighted by molar-refractivity contribution is -0.137. The number of rotatable bonds is 8. The number of hydrogen-bond donors (Lipinski definition) is 3. The van der Waals surface area contributed by atoms with Crippen LogP contribution >= 0.6 is 11.6 Å². The Morgan fingerprint density at radius 3 is 2.67 bits per heavy atom. The Kier molecular flexibility index (Phi) is 6.21. The van der Waals surface area contributed by atoms with Crippen molar-refractivity contribution in [2.24, 2.45) is 0 Å². The highest BCUT2D eigenvalue weighted by atomic mass is 35.5. The van der Waals surface area contributed by atoms with Crippen LogP contribution in [-0.2, 0) is 4.79 Å². The fourth-order valence-corrected chi connectivity index (χ4v) is 1.61. The zero-order valence-electron chi connectivity index (χ0n) is 9.91. The molecule has 0 aliphatic heterocycles. The Labute approximate surface area is 110 Å². The zero-order chi connectivity index (χ0) is 13.4. The molecule has 100 valence electrons. The van der Waals surface area contributed by atoms with E-state index < -0.39 is 5.97 Å². The second kappa shape index (κ2) is 7.71. The molecule has 18 heavy (non-hydrogen) atoms. The van der Waals surface area contributed by atoms with Crippen LogP contribution in [0.5, 0.6) is 0 Å². The van der Waals surface area contributed by atoms with Crippen molar-refractivity contribution in [1.82, 2.24) is 15.3 Å². The Morgan fingerprint density at radius 1 is 1.33 bits per heavy atom. The van der Waals surface area contributed by atoms with Gasteiger partial charge in [-0.1, -0.05) is 12.8 Å². The maximum absolute atomic E-state index is 11.5. The van der Waals surface area contributed by atoms with Gasteiger partial charge in [0.05, 0.1) is 6.20 Å². The van der Waals surface area contributed by atoms with Gasteiger partial charge in [-0.25, -0.2) is 4.98 Å². The second-order valence-corrected chi connectivity index (χ2v) is 4.26. The second-order valence-electron chi connectivity index (χ2n) is 3.90. The number of H-pyrrole nitrogens is 1. The van der Waals surface area contributed by atoms with Crippen molar-refractivity contribution < 1.29 is 14.7 Å². The third-order valence-electron chi connectivity index (χ3n) is 2.39. The van der Waals surface area contributed by atoms with Gasteiger partial charge in [-0.3, -0.25) is 9.59 Å². The lowest BCUT2D eigenvalue weighted by Crippen LogP contribution is -2.24. The maximum atomic E-state index is 11.5. The molecule has 1 amide bonds. The molecule has 3 N–H and O–H groups in total. The van der Waals surface area contributed by atoms with Gasteiger partial charge in [0.25, 0.3) is 5.91 Å². The number of imidazole rings is 1. The predicted octanol–water partition coefficient (Wildman–Crippen LogP) is 1.83. The molecule has 1 aromatic rings. The fraction of sp³-hybridized carbons (Fsp3) is 0.545. The minimum absolute atomic E-state index is 0.189. The number of carboxylic acid groups (broad SMARTS) is 1. The summed E-state index contributed by atoms with van der Waals surface area (Å²) in [7, 11) is 0. The number of nitrogens with zero attached hydrogens (tertiary/aromatic N) is 1. The average molecular weight is 274 g/mol. The molecule has 0 bridgehead atoms. The fourth-order valence-electron chi connectivity index (χ4n) is 1.46. The summed E-state index contributed by atoms with van der Waals surface area (Å²) in [6, 6.07) is 0. The Morgan fingerprint density at radius 2 is 2.06 bits per heavy atom. The summed E-state index contributed by atoms with van der Waals surface area (Å²) in [5.41, 5.74) is 0.339. The van der Waals surface area contributed by atoms with Crippen LogP contribution in [0.25, 0.3) is 0 Å². The van der Waals surface area contributed by atoms with Crippen LogP contribution in [0.2, 0.25) is 5.28 Å². The molecule has 0 radical (unpaired) electrons. The quantitative estimate of drug-likeness (QED) is 0.630. The molecule has 7 heteroatoms. The van der Waals surface area contributed by atoms with E-state index in [-0.39, 0.29) is 17.6 Å². The molecule has 1 aromatic heterocycles. The van der Waals surface area contributed by atoms with Crippen LogP contribution in [0.1, 0.15) is 42.6 Å². The number of aromatic amines is 1. The summed E-state index contributed by atoms with van der Waals surface area (Å²) < 4.78 is 0. The van der Waals surface area contributed by atoms with E-state index in [2.05, 4.69) is 15.3 Å². The highest BCUT2D eigenvalue weighted by Crippen LogP contribution is 2.04. The lowest BCUT2D eigenvalue weighted by atomic mass is 10.1. The van der Waals surface area contributed by atoms with Gasteiger partial charge >= 0.3 is 5.97 Å². The number of aromatic nitrogens is 2. The number of aliphatic carboxylic acids is 1. The van der Waals surface area contributed by atoms with Crippen LogP contribution < -0.4 is 5.32 Å². The molecular weight excluding hydrogens is 258 g/mol. The van der Waals surface area contributed by atoms with Crippen LogP contribution in [-0.4, -0.2) is 33.5 Å². The number of unbranched alkanes of at least 4 members (excludes halogenated alkanes) is 3. The van der Waals surface area contributed by atoms with Crippen LogP contribution in [0.3, 0.4) is 0 Å².